The van der Waals surface area contributed by atoms with Crippen LogP contribution in [0.5, 0.6) is 0 Å². The molecule has 110 valence electrons. The Morgan fingerprint density at radius 2 is 1.72 bits per heavy atom. The third-order valence-electron chi connectivity index (χ3n) is 2.37. The normalized spacial score (nSPS) is 15.6. The van der Waals surface area contributed by atoms with Crippen LogP contribution in [0.1, 0.15) is 46.5 Å². The van der Waals surface area contributed by atoms with Gasteiger partial charge in [-0.2, -0.15) is 0 Å². The van der Waals surface area contributed by atoms with Gasteiger partial charge in [0.1, 0.15) is 0 Å². The maximum absolute atomic E-state index is 11.7. The fourth-order valence-electron chi connectivity index (χ4n) is 1.09. The molecule has 0 aromatic heterocycles. The van der Waals surface area contributed by atoms with Crippen molar-refractivity contribution < 1.29 is 19.1 Å². The Kier molecular flexibility index (Phi) is 10.1. The molecule has 0 heterocycles. The molecule has 0 aliphatic heterocycles. The van der Waals surface area contributed by atoms with Crippen molar-refractivity contribution >= 4 is 29.2 Å². The van der Waals surface area contributed by atoms with Crippen LogP contribution in [-0.2, 0) is 9.09 Å². The van der Waals surface area contributed by atoms with E-state index in [9.17, 15) is 9.46 Å². The number of aliphatic hydroxyl groups excluding tert-OH is 1. The number of hydrogen-bond acceptors (Lipinski definition) is 5. The Hall–Kier alpha value is 0.810. The van der Waals surface area contributed by atoms with Crippen LogP contribution < -0.4 is 0 Å². The van der Waals surface area contributed by atoms with Gasteiger partial charge in [0.2, 0.25) is 0 Å². The van der Waals surface area contributed by atoms with Crippen molar-refractivity contribution in [1.29, 1.82) is 0 Å². The number of hydrogen-bond donors (Lipinski definition) is 2. The molecule has 2 N–H and O–H groups in total. The van der Waals surface area contributed by atoms with Crippen LogP contribution in [0.25, 0.3) is 0 Å². The average Bonchev–Trinajstić information content (AvgIpc) is 2.25. The van der Waals surface area contributed by atoms with Gasteiger partial charge in [0.25, 0.3) is 0 Å². The van der Waals surface area contributed by atoms with Crippen molar-refractivity contribution in [3.63, 3.8) is 0 Å². The minimum absolute atomic E-state index is 0.164. The lowest BCUT2D eigenvalue weighted by molar-refractivity contribution is 0.236. The molecule has 0 fully saturated rings. The van der Waals surface area contributed by atoms with E-state index in [1.54, 1.807) is 31.6 Å². The summed E-state index contributed by atoms with van der Waals surface area (Å²) in [4.78, 5) is 9.65. The zero-order valence-corrected chi connectivity index (χ0v) is 14.0. The lowest BCUT2D eigenvalue weighted by Gasteiger charge is -2.24. The highest BCUT2D eigenvalue weighted by molar-refractivity contribution is 8.76. The van der Waals surface area contributed by atoms with Gasteiger partial charge < -0.3 is 14.5 Å². The van der Waals surface area contributed by atoms with Crippen LogP contribution in [0, 0.1) is 0 Å². The van der Waals surface area contributed by atoms with Gasteiger partial charge in [-0.25, -0.2) is 0 Å². The van der Waals surface area contributed by atoms with E-state index in [0.29, 0.717) is 6.61 Å². The maximum Gasteiger partial charge on any atom is 0.333 e. The molecule has 0 amide bonds. The van der Waals surface area contributed by atoms with Crippen LogP contribution in [-0.4, -0.2) is 33.5 Å². The fraction of sp³-hybridized carbons (Fsp3) is 1.00. The summed E-state index contributed by atoms with van der Waals surface area (Å²) < 4.78 is 16.9. The van der Waals surface area contributed by atoms with Crippen LogP contribution in [0.15, 0.2) is 0 Å². The molecule has 0 saturated carbocycles. The Labute approximate surface area is 118 Å². The summed E-state index contributed by atoms with van der Waals surface area (Å²) in [5.74, 6) is 1.20. The lowest BCUT2D eigenvalue weighted by Crippen LogP contribution is -2.16. The third-order valence-corrected chi connectivity index (χ3v) is 6.64. The van der Waals surface area contributed by atoms with Crippen molar-refractivity contribution in [3.8, 4) is 0 Å². The molecule has 0 spiro atoms. The van der Waals surface area contributed by atoms with Crippen LogP contribution in [0.2, 0.25) is 0 Å². The second-order valence-corrected chi connectivity index (χ2v) is 10.2. The highest BCUT2D eigenvalue weighted by Crippen LogP contribution is 2.54. The van der Waals surface area contributed by atoms with E-state index in [-0.39, 0.29) is 5.94 Å². The van der Waals surface area contributed by atoms with Gasteiger partial charge >= 0.3 is 7.60 Å². The molecule has 0 aromatic carbocycles. The van der Waals surface area contributed by atoms with Crippen molar-refractivity contribution in [2.45, 2.75) is 51.6 Å². The summed E-state index contributed by atoms with van der Waals surface area (Å²) in [6.07, 6.45) is 4.02. The summed E-state index contributed by atoms with van der Waals surface area (Å²) >= 11 is 0. The van der Waals surface area contributed by atoms with Crippen LogP contribution >= 0.6 is 29.2 Å². The molecule has 0 aromatic rings. The Balaban J connectivity index is 3.44. The molecule has 18 heavy (non-hydrogen) atoms. The molecule has 4 nitrogen and oxygen atoms in total. The van der Waals surface area contributed by atoms with E-state index < -0.39 is 12.8 Å². The van der Waals surface area contributed by atoms with Crippen molar-refractivity contribution in [1.82, 2.24) is 0 Å². The van der Waals surface area contributed by atoms with Crippen molar-refractivity contribution in [2.24, 2.45) is 0 Å². The second kappa shape index (κ2) is 9.67. The highest BCUT2D eigenvalue weighted by Gasteiger charge is 2.35. The Morgan fingerprint density at radius 3 is 2.28 bits per heavy atom. The molecular weight excluding hydrogens is 291 g/mol. The summed E-state index contributed by atoms with van der Waals surface area (Å²) in [6.45, 7) is 5.49. The summed E-state index contributed by atoms with van der Waals surface area (Å²) in [7, 11) is -0.346. The largest absolute Gasteiger partial charge is 0.385 e. The number of rotatable bonds is 10. The van der Waals surface area contributed by atoms with E-state index in [1.807, 2.05) is 0 Å². The van der Waals surface area contributed by atoms with Gasteiger partial charge in [-0.05, 0) is 33.6 Å². The first-order valence-corrected chi connectivity index (χ1v) is 10.2. The minimum Gasteiger partial charge on any atom is -0.385 e. The smallest absolute Gasteiger partial charge is 0.333 e. The molecule has 0 saturated heterocycles. The molecule has 0 rings (SSSR count). The molecule has 0 aliphatic rings. The first-order valence-electron chi connectivity index (χ1n) is 6.14. The third kappa shape index (κ3) is 8.83. The quantitative estimate of drug-likeness (QED) is 0.276. The van der Waals surface area contributed by atoms with Crippen molar-refractivity contribution in [2.75, 3.05) is 18.3 Å². The minimum atomic E-state index is -3.48. The first-order chi connectivity index (χ1) is 8.31. The Bertz CT molecular complexity index is 256. The molecule has 7 heteroatoms. The summed E-state index contributed by atoms with van der Waals surface area (Å²) in [5, 5.41) is 7.85. The topological polar surface area (TPSA) is 66.8 Å². The molecule has 1 atom stereocenters. The zero-order valence-electron chi connectivity index (χ0n) is 11.4. The zero-order chi connectivity index (χ0) is 14.1. The lowest BCUT2D eigenvalue weighted by atomic mass is 10.2. The number of unbranched alkanes of at least 4 members (excludes halogenated alkanes) is 3. The van der Waals surface area contributed by atoms with Gasteiger partial charge in [-0.15, -0.1) is 0 Å². The predicted molar refractivity (Wildman–Crippen MR) is 81.1 cm³/mol. The fourth-order valence-corrected chi connectivity index (χ4v) is 3.30. The van der Waals surface area contributed by atoms with Crippen LogP contribution in [0.3, 0.4) is 0 Å². The summed E-state index contributed by atoms with van der Waals surface area (Å²) in [5.41, 5.74) is 0. The van der Waals surface area contributed by atoms with E-state index in [1.165, 1.54) is 10.8 Å². The standard InChI is InChI=1S/C11H25O4PS2/c1-11(2,3)16(13,14)15-8-6-4-5-7-9-17-18-10-12/h12H,4-10H2,1-3H3,(H,13,14). The molecule has 1 unspecified atom stereocenters. The first kappa shape index (κ1) is 18.8. The molecule has 0 aliphatic carbocycles. The van der Waals surface area contributed by atoms with E-state index in [2.05, 4.69) is 0 Å². The monoisotopic (exact) mass is 316 g/mol. The maximum atomic E-state index is 11.7. The van der Waals surface area contributed by atoms with E-state index in [0.717, 1.165) is 31.4 Å². The average molecular weight is 316 g/mol. The molecule has 0 bridgehead atoms. The van der Waals surface area contributed by atoms with E-state index in [4.69, 9.17) is 9.63 Å². The number of aliphatic hydroxyl groups is 1. The van der Waals surface area contributed by atoms with Gasteiger partial charge in [0, 0.05) is 5.75 Å². The summed E-state index contributed by atoms with van der Waals surface area (Å²) in [6, 6.07) is 0. The van der Waals surface area contributed by atoms with Gasteiger partial charge in [-0.1, -0.05) is 34.4 Å². The van der Waals surface area contributed by atoms with E-state index >= 15 is 0 Å². The molecule has 0 radical (unpaired) electrons. The van der Waals surface area contributed by atoms with Gasteiger partial charge in [0.05, 0.1) is 17.7 Å². The second-order valence-electron chi connectivity index (χ2n) is 5.01. The van der Waals surface area contributed by atoms with Gasteiger partial charge in [0.15, 0.2) is 0 Å². The van der Waals surface area contributed by atoms with Crippen molar-refractivity contribution in [3.05, 3.63) is 0 Å². The highest BCUT2D eigenvalue weighted by atomic mass is 33.1. The molecular formula is C11H25O4PS2. The predicted octanol–water partition coefficient (Wildman–Crippen LogP) is 3.88. The Morgan fingerprint density at radius 1 is 1.11 bits per heavy atom. The van der Waals surface area contributed by atoms with Crippen LogP contribution in [0.4, 0.5) is 0 Å². The van der Waals surface area contributed by atoms with Gasteiger partial charge in [-0.3, -0.25) is 4.57 Å². The SMILES string of the molecule is CC(C)(C)P(=O)(O)OCCCCCCSSCO.